The lowest BCUT2D eigenvalue weighted by Gasteiger charge is -2.43. The standard InChI is InChI=1S/C28H30ClF3N2O7S/c29-19-6-3-14(25(36)34-17-11-20(30)24(32)21(31)12-17)8-22(19)42(40,41)18-9-15-4-5-16(10-18)28(15,39)13-33-26(37)27(38)7-1-2-23(27)35/h3,6,8,11-12,15-16,18,23,35,38-39H,1-2,4-5,7,9-10,13H2,(H,33,37)(H,34,36)/t15?,16?,18-,23-,27+,28-/m1/s1. The first-order valence-corrected chi connectivity index (χ1v) is 15.5. The zero-order chi connectivity index (χ0) is 30.6. The summed E-state index contributed by atoms with van der Waals surface area (Å²) in [6.45, 7) is -0.204. The highest BCUT2D eigenvalue weighted by atomic mass is 35.5. The predicted molar refractivity (Wildman–Crippen MR) is 145 cm³/mol. The minimum Gasteiger partial charge on any atom is -0.390 e. The van der Waals surface area contributed by atoms with Crippen molar-refractivity contribution in [2.24, 2.45) is 11.8 Å². The summed E-state index contributed by atoms with van der Waals surface area (Å²) in [5.74, 6) is -7.39. The molecule has 0 aliphatic heterocycles. The number of carbonyl (C=O) groups excluding carboxylic acids is 2. The van der Waals surface area contributed by atoms with Gasteiger partial charge in [0.15, 0.2) is 32.9 Å². The van der Waals surface area contributed by atoms with Gasteiger partial charge >= 0.3 is 0 Å². The number of hydrogen-bond acceptors (Lipinski definition) is 7. The van der Waals surface area contributed by atoms with Gasteiger partial charge in [0, 0.05) is 29.9 Å². The third-order valence-electron chi connectivity index (χ3n) is 9.06. The predicted octanol–water partition coefficient (Wildman–Crippen LogP) is 3.10. The van der Waals surface area contributed by atoms with Crippen LogP contribution in [0.15, 0.2) is 35.2 Å². The van der Waals surface area contributed by atoms with Crippen molar-refractivity contribution < 1.29 is 46.5 Å². The summed E-state index contributed by atoms with van der Waals surface area (Å²) < 4.78 is 67.9. The number of nitrogens with one attached hydrogen (secondary N) is 2. The molecule has 0 radical (unpaired) electrons. The number of sulfone groups is 1. The van der Waals surface area contributed by atoms with Gasteiger partial charge in [-0.3, -0.25) is 9.59 Å². The Morgan fingerprint density at radius 2 is 1.62 bits per heavy atom. The van der Waals surface area contributed by atoms with Crippen molar-refractivity contribution in [2.45, 2.75) is 72.4 Å². The van der Waals surface area contributed by atoms with Gasteiger partial charge in [-0.25, -0.2) is 21.6 Å². The molecule has 42 heavy (non-hydrogen) atoms. The molecule has 0 spiro atoms. The van der Waals surface area contributed by atoms with Crippen molar-refractivity contribution in [2.75, 3.05) is 11.9 Å². The van der Waals surface area contributed by atoms with Crippen LogP contribution >= 0.6 is 11.6 Å². The highest BCUT2D eigenvalue weighted by Crippen LogP contribution is 2.52. The van der Waals surface area contributed by atoms with Gasteiger partial charge in [-0.1, -0.05) is 11.6 Å². The highest BCUT2D eigenvalue weighted by molar-refractivity contribution is 7.92. The molecular weight excluding hydrogens is 601 g/mol. The number of hydrogen-bond donors (Lipinski definition) is 5. The summed E-state index contributed by atoms with van der Waals surface area (Å²) in [4.78, 5) is 25.1. The average molecular weight is 631 g/mol. The normalized spacial score (nSPS) is 30.7. The molecule has 2 amide bonds. The maximum absolute atomic E-state index is 13.7. The van der Waals surface area contributed by atoms with Gasteiger partial charge in [-0.15, -0.1) is 0 Å². The average Bonchev–Trinajstić information content (AvgIpc) is 3.31. The van der Waals surface area contributed by atoms with Crippen LogP contribution in [0.1, 0.15) is 55.3 Å². The fourth-order valence-electron chi connectivity index (χ4n) is 6.64. The number of amides is 2. The minimum atomic E-state index is -4.13. The zero-order valence-electron chi connectivity index (χ0n) is 22.2. The zero-order valence-corrected chi connectivity index (χ0v) is 23.8. The molecule has 2 aromatic carbocycles. The van der Waals surface area contributed by atoms with E-state index in [0.717, 1.165) is 6.07 Å². The van der Waals surface area contributed by atoms with E-state index in [2.05, 4.69) is 10.6 Å². The Morgan fingerprint density at radius 3 is 2.19 bits per heavy atom. The van der Waals surface area contributed by atoms with Crippen molar-refractivity contribution in [3.8, 4) is 0 Å². The van der Waals surface area contributed by atoms with Gasteiger partial charge < -0.3 is 26.0 Å². The SMILES string of the molecule is O=C(Nc1cc(F)c(F)c(F)c1)c1ccc(Cl)c(S(=O)(=O)[C@H]2CC3CCC(C2)[C@]3(O)CNC(=O)[C@]2(O)CCC[C@H]2O)c1. The number of fused-ring (bicyclic) bond motifs is 2. The molecule has 0 heterocycles. The molecular formula is C28H30ClF3N2O7S. The molecule has 14 heteroatoms. The Morgan fingerprint density at radius 1 is 1.00 bits per heavy atom. The van der Waals surface area contributed by atoms with Crippen molar-refractivity contribution in [3.63, 3.8) is 0 Å². The Balaban J connectivity index is 1.31. The smallest absolute Gasteiger partial charge is 0.255 e. The Kier molecular flexibility index (Phi) is 8.12. The fourth-order valence-corrected chi connectivity index (χ4v) is 9.04. The van der Waals surface area contributed by atoms with E-state index in [-0.39, 0.29) is 53.4 Å². The largest absolute Gasteiger partial charge is 0.390 e. The van der Waals surface area contributed by atoms with Gasteiger partial charge in [0.25, 0.3) is 11.8 Å². The van der Waals surface area contributed by atoms with Crippen LogP contribution in [-0.4, -0.2) is 64.7 Å². The minimum absolute atomic E-state index is 0.0545. The third kappa shape index (κ3) is 5.30. The molecule has 2 aromatic rings. The fraction of sp³-hybridized carbons (Fsp3) is 0.500. The lowest BCUT2D eigenvalue weighted by Crippen LogP contribution is -2.59. The summed E-state index contributed by atoms with van der Waals surface area (Å²) in [6.07, 6.45) is 0.792. The van der Waals surface area contributed by atoms with Crippen molar-refractivity contribution >= 4 is 38.9 Å². The van der Waals surface area contributed by atoms with E-state index in [1.54, 1.807) is 0 Å². The van der Waals surface area contributed by atoms with Crippen LogP contribution < -0.4 is 10.6 Å². The van der Waals surface area contributed by atoms with E-state index in [1.165, 1.54) is 12.1 Å². The summed E-state index contributed by atoms with van der Waals surface area (Å²) in [7, 11) is -4.13. The molecule has 3 saturated carbocycles. The summed E-state index contributed by atoms with van der Waals surface area (Å²) >= 11 is 6.25. The van der Waals surface area contributed by atoms with Crippen molar-refractivity contribution in [1.29, 1.82) is 0 Å². The first kappa shape index (κ1) is 30.7. The van der Waals surface area contributed by atoms with E-state index >= 15 is 0 Å². The van der Waals surface area contributed by atoms with Crippen LogP contribution in [0.2, 0.25) is 5.02 Å². The maximum Gasteiger partial charge on any atom is 0.255 e. The molecule has 3 aliphatic rings. The second-order valence-corrected chi connectivity index (χ2v) is 14.1. The van der Waals surface area contributed by atoms with E-state index in [0.29, 0.717) is 31.4 Å². The van der Waals surface area contributed by atoms with Gasteiger partial charge in [-0.2, -0.15) is 0 Å². The summed E-state index contributed by atoms with van der Waals surface area (Å²) in [6, 6.07) is 4.66. The van der Waals surface area contributed by atoms with Crippen LogP contribution in [0, 0.1) is 29.3 Å². The molecule has 0 saturated heterocycles. The molecule has 3 fully saturated rings. The third-order valence-corrected chi connectivity index (χ3v) is 11.7. The first-order valence-electron chi connectivity index (χ1n) is 13.6. The number of rotatable bonds is 7. The second kappa shape index (κ2) is 11.1. The van der Waals surface area contributed by atoms with Gasteiger partial charge in [0.1, 0.15) is 0 Å². The molecule has 4 atom stereocenters. The molecule has 228 valence electrons. The Hall–Kier alpha value is -2.71. The second-order valence-electron chi connectivity index (χ2n) is 11.5. The number of aliphatic hydroxyl groups is 3. The topological polar surface area (TPSA) is 153 Å². The molecule has 5 rings (SSSR count). The van der Waals surface area contributed by atoms with E-state index in [4.69, 9.17) is 11.6 Å². The Labute approximate surface area is 245 Å². The number of aliphatic hydroxyl groups excluding tert-OH is 1. The van der Waals surface area contributed by atoms with Gasteiger partial charge in [0.2, 0.25) is 0 Å². The van der Waals surface area contributed by atoms with Gasteiger partial charge in [0.05, 0.1) is 26.9 Å². The lowest BCUT2D eigenvalue weighted by atomic mass is 9.74. The highest BCUT2D eigenvalue weighted by Gasteiger charge is 2.56. The van der Waals surface area contributed by atoms with Crippen molar-refractivity contribution in [3.05, 3.63) is 58.4 Å². The van der Waals surface area contributed by atoms with Crippen LogP contribution in [0.3, 0.4) is 0 Å². The summed E-state index contributed by atoms with van der Waals surface area (Å²) in [5.41, 5.74) is -3.88. The molecule has 2 unspecified atom stereocenters. The van der Waals surface area contributed by atoms with E-state index < -0.39 is 73.5 Å². The monoisotopic (exact) mass is 630 g/mol. The van der Waals surface area contributed by atoms with E-state index in [9.17, 15) is 46.5 Å². The van der Waals surface area contributed by atoms with Gasteiger partial charge in [-0.05, 0) is 75.0 Å². The van der Waals surface area contributed by atoms with Crippen LogP contribution in [-0.2, 0) is 14.6 Å². The molecule has 5 N–H and O–H groups in total. The van der Waals surface area contributed by atoms with Crippen LogP contribution in [0.25, 0.3) is 0 Å². The molecule has 3 aliphatic carbocycles. The molecule has 0 aromatic heterocycles. The Bertz CT molecular complexity index is 1500. The maximum atomic E-state index is 13.7. The summed E-state index contributed by atoms with van der Waals surface area (Å²) in [5, 5.41) is 35.8. The quantitative estimate of drug-likeness (QED) is 0.295. The number of halogens is 4. The lowest BCUT2D eigenvalue weighted by molar-refractivity contribution is -0.151. The van der Waals surface area contributed by atoms with Crippen molar-refractivity contribution in [1.82, 2.24) is 5.32 Å². The number of carbonyl (C=O) groups is 2. The molecule has 9 nitrogen and oxygen atoms in total. The number of anilines is 1. The van der Waals surface area contributed by atoms with Crippen LogP contribution in [0.5, 0.6) is 0 Å². The first-order chi connectivity index (χ1) is 19.7. The molecule has 2 bridgehead atoms. The number of benzene rings is 2. The van der Waals surface area contributed by atoms with Crippen LogP contribution in [0.4, 0.5) is 18.9 Å². The van der Waals surface area contributed by atoms with E-state index in [1.807, 2.05) is 0 Å².